The summed E-state index contributed by atoms with van der Waals surface area (Å²) >= 11 is 3.35. The van der Waals surface area contributed by atoms with Gasteiger partial charge in [0.25, 0.3) is 0 Å². The zero-order chi connectivity index (χ0) is 12.4. The lowest BCUT2D eigenvalue weighted by Crippen LogP contribution is -2.04. The molecular weight excluding hydrogens is 284 g/mol. The van der Waals surface area contributed by atoms with E-state index in [0.29, 0.717) is 10.9 Å². The number of benzene rings is 2. The van der Waals surface area contributed by atoms with Gasteiger partial charge in [0, 0.05) is 5.33 Å². The first-order chi connectivity index (χ1) is 8.15. The van der Waals surface area contributed by atoms with Crippen molar-refractivity contribution in [3.63, 3.8) is 0 Å². The van der Waals surface area contributed by atoms with Gasteiger partial charge in [-0.3, -0.25) is 0 Å². The quantitative estimate of drug-likeness (QED) is 0.683. The fourth-order valence-electron chi connectivity index (χ4n) is 1.74. The van der Waals surface area contributed by atoms with E-state index in [2.05, 4.69) is 15.9 Å². The zero-order valence-electron chi connectivity index (χ0n) is 9.24. The van der Waals surface area contributed by atoms with E-state index in [-0.39, 0.29) is 11.7 Å². The smallest absolute Gasteiger partial charge is 0.338 e. The van der Waals surface area contributed by atoms with Crippen molar-refractivity contribution in [3.05, 3.63) is 41.5 Å². The Bertz CT molecular complexity index is 578. The van der Waals surface area contributed by atoms with Gasteiger partial charge in [0.15, 0.2) is 0 Å². The van der Waals surface area contributed by atoms with Crippen LogP contribution in [-0.4, -0.2) is 18.2 Å². The molecule has 0 aliphatic rings. The first kappa shape index (κ1) is 11.9. The Morgan fingerprint density at radius 3 is 2.71 bits per heavy atom. The molecule has 0 spiro atoms. The minimum Gasteiger partial charge on any atom is -0.508 e. The van der Waals surface area contributed by atoms with Crippen LogP contribution in [0.4, 0.5) is 0 Å². The maximum absolute atomic E-state index is 11.6. The highest BCUT2D eigenvalue weighted by atomic mass is 79.9. The van der Waals surface area contributed by atoms with Crippen LogP contribution >= 0.6 is 15.9 Å². The molecule has 88 valence electrons. The molecule has 0 amide bonds. The molecule has 0 saturated carbocycles. The molecule has 0 saturated heterocycles. The molecule has 0 aromatic heterocycles. The molecule has 0 heterocycles. The van der Waals surface area contributed by atoms with Crippen LogP contribution in [0.2, 0.25) is 0 Å². The number of alkyl halides is 1. The molecule has 2 aromatic rings. The van der Waals surface area contributed by atoms with E-state index < -0.39 is 0 Å². The summed E-state index contributed by atoms with van der Waals surface area (Å²) < 4.78 is 4.74. The van der Waals surface area contributed by atoms with Crippen LogP contribution in [0.25, 0.3) is 10.8 Å². The van der Waals surface area contributed by atoms with Crippen molar-refractivity contribution in [2.75, 3.05) is 7.11 Å². The van der Waals surface area contributed by atoms with Gasteiger partial charge in [-0.2, -0.15) is 0 Å². The first-order valence-electron chi connectivity index (χ1n) is 5.05. The molecule has 3 nitrogen and oxygen atoms in total. The molecule has 0 bridgehead atoms. The minimum atomic E-state index is -0.371. The van der Waals surface area contributed by atoms with E-state index in [1.54, 1.807) is 18.2 Å². The standard InChI is InChI=1S/C13H11BrO3/c1-17-13(16)12-6-9-5-11(15)3-2-8(9)4-10(12)7-14/h2-6,15H,7H2,1H3. The summed E-state index contributed by atoms with van der Waals surface area (Å²) in [5, 5.41) is 11.8. The lowest BCUT2D eigenvalue weighted by Gasteiger charge is -2.08. The molecule has 0 aliphatic carbocycles. The minimum absolute atomic E-state index is 0.180. The second-order valence-electron chi connectivity index (χ2n) is 3.67. The van der Waals surface area contributed by atoms with Gasteiger partial charge in [-0.15, -0.1) is 0 Å². The number of halogens is 1. The molecule has 4 heteroatoms. The van der Waals surface area contributed by atoms with E-state index in [1.165, 1.54) is 7.11 Å². The Morgan fingerprint density at radius 1 is 1.29 bits per heavy atom. The van der Waals surface area contributed by atoms with E-state index in [1.807, 2.05) is 12.1 Å². The molecule has 0 atom stereocenters. The number of fused-ring (bicyclic) bond motifs is 1. The number of carbonyl (C=O) groups excluding carboxylic acids is 1. The van der Waals surface area contributed by atoms with Gasteiger partial charge >= 0.3 is 5.97 Å². The van der Waals surface area contributed by atoms with Crippen molar-refractivity contribution in [2.45, 2.75) is 5.33 Å². The van der Waals surface area contributed by atoms with E-state index in [9.17, 15) is 9.90 Å². The van der Waals surface area contributed by atoms with Crippen LogP contribution in [0.15, 0.2) is 30.3 Å². The fourth-order valence-corrected chi connectivity index (χ4v) is 2.21. The van der Waals surface area contributed by atoms with Crippen LogP contribution in [-0.2, 0) is 10.1 Å². The van der Waals surface area contributed by atoms with Gasteiger partial charge in [-0.05, 0) is 40.6 Å². The van der Waals surface area contributed by atoms with Crippen LogP contribution in [0.5, 0.6) is 5.75 Å². The van der Waals surface area contributed by atoms with Gasteiger partial charge in [-0.1, -0.05) is 22.0 Å². The van der Waals surface area contributed by atoms with Crippen molar-refractivity contribution in [1.29, 1.82) is 0 Å². The molecular formula is C13H11BrO3. The van der Waals surface area contributed by atoms with Gasteiger partial charge in [0.05, 0.1) is 12.7 Å². The van der Waals surface area contributed by atoms with Crippen molar-refractivity contribution < 1.29 is 14.6 Å². The molecule has 0 unspecified atom stereocenters. The Labute approximate surface area is 107 Å². The number of phenolic OH excluding ortho intramolecular Hbond substituents is 1. The molecule has 0 radical (unpaired) electrons. The third-order valence-electron chi connectivity index (χ3n) is 2.60. The number of rotatable bonds is 2. The Morgan fingerprint density at radius 2 is 2.06 bits per heavy atom. The molecule has 2 aromatic carbocycles. The topological polar surface area (TPSA) is 46.5 Å². The molecule has 2 rings (SSSR count). The van der Waals surface area contributed by atoms with Crippen molar-refractivity contribution in [1.82, 2.24) is 0 Å². The average molecular weight is 295 g/mol. The molecule has 0 aliphatic heterocycles. The lowest BCUT2D eigenvalue weighted by atomic mass is 10.0. The summed E-state index contributed by atoms with van der Waals surface area (Å²) in [6, 6.07) is 8.71. The SMILES string of the molecule is COC(=O)c1cc2cc(O)ccc2cc1CBr. The zero-order valence-corrected chi connectivity index (χ0v) is 10.8. The summed E-state index contributed by atoms with van der Waals surface area (Å²) in [5.41, 5.74) is 1.39. The highest BCUT2D eigenvalue weighted by Crippen LogP contribution is 2.25. The van der Waals surface area contributed by atoms with Crippen LogP contribution in [0.3, 0.4) is 0 Å². The summed E-state index contributed by atoms with van der Waals surface area (Å²) in [6.07, 6.45) is 0. The van der Waals surface area contributed by atoms with Crippen LogP contribution in [0.1, 0.15) is 15.9 Å². The maximum atomic E-state index is 11.6. The number of aromatic hydroxyl groups is 1. The monoisotopic (exact) mass is 294 g/mol. The first-order valence-corrected chi connectivity index (χ1v) is 6.18. The number of phenols is 1. The molecule has 17 heavy (non-hydrogen) atoms. The second kappa shape index (κ2) is 4.75. The number of hydrogen-bond donors (Lipinski definition) is 1. The molecule has 0 fully saturated rings. The number of ether oxygens (including phenoxy) is 1. The summed E-state index contributed by atoms with van der Waals surface area (Å²) in [6.45, 7) is 0. The Hall–Kier alpha value is -1.55. The Kier molecular flexibility index (Phi) is 3.33. The lowest BCUT2D eigenvalue weighted by molar-refractivity contribution is 0.0600. The second-order valence-corrected chi connectivity index (χ2v) is 4.23. The number of esters is 1. The maximum Gasteiger partial charge on any atom is 0.338 e. The summed E-state index contributed by atoms with van der Waals surface area (Å²) in [5.74, 6) is -0.190. The van der Waals surface area contributed by atoms with Gasteiger partial charge in [0.1, 0.15) is 5.75 Å². The highest BCUT2D eigenvalue weighted by molar-refractivity contribution is 9.08. The van der Waals surface area contributed by atoms with Gasteiger partial charge in [-0.25, -0.2) is 4.79 Å². The third kappa shape index (κ3) is 2.26. The van der Waals surface area contributed by atoms with E-state index in [0.717, 1.165) is 16.3 Å². The van der Waals surface area contributed by atoms with Gasteiger partial charge in [0.2, 0.25) is 0 Å². The van der Waals surface area contributed by atoms with Crippen LogP contribution in [0, 0.1) is 0 Å². The number of carbonyl (C=O) groups is 1. The highest BCUT2D eigenvalue weighted by Gasteiger charge is 2.12. The van der Waals surface area contributed by atoms with Crippen molar-refractivity contribution >= 4 is 32.7 Å². The number of methoxy groups -OCH3 is 1. The Balaban J connectivity index is 2.69. The average Bonchev–Trinajstić information content (AvgIpc) is 2.36. The normalized spacial score (nSPS) is 10.5. The number of hydrogen-bond acceptors (Lipinski definition) is 3. The fraction of sp³-hybridized carbons (Fsp3) is 0.154. The van der Waals surface area contributed by atoms with E-state index >= 15 is 0 Å². The third-order valence-corrected chi connectivity index (χ3v) is 3.20. The van der Waals surface area contributed by atoms with Gasteiger partial charge < -0.3 is 9.84 Å². The van der Waals surface area contributed by atoms with Crippen LogP contribution < -0.4 is 0 Å². The van der Waals surface area contributed by atoms with Crippen molar-refractivity contribution in [3.8, 4) is 5.75 Å². The summed E-state index contributed by atoms with van der Waals surface area (Å²) in [7, 11) is 1.35. The summed E-state index contributed by atoms with van der Waals surface area (Å²) in [4.78, 5) is 11.6. The predicted octanol–water partition coefficient (Wildman–Crippen LogP) is 3.23. The van der Waals surface area contributed by atoms with Crippen molar-refractivity contribution in [2.24, 2.45) is 0 Å². The van der Waals surface area contributed by atoms with E-state index in [4.69, 9.17) is 4.74 Å². The largest absolute Gasteiger partial charge is 0.508 e. The molecule has 1 N–H and O–H groups in total. The predicted molar refractivity (Wildman–Crippen MR) is 69.6 cm³/mol.